The summed E-state index contributed by atoms with van der Waals surface area (Å²) < 4.78 is 6.96. The van der Waals surface area contributed by atoms with Gasteiger partial charge in [0.25, 0.3) is 5.91 Å². The number of carbonyl (C=O) groups excluding carboxylic acids is 1. The minimum Gasteiger partial charge on any atom is -0.388 e. The van der Waals surface area contributed by atoms with Crippen molar-refractivity contribution in [1.29, 1.82) is 0 Å². The fourth-order valence-electron chi connectivity index (χ4n) is 1.94. The van der Waals surface area contributed by atoms with E-state index in [9.17, 15) is 9.90 Å². The molecule has 0 aliphatic carbocycles. The number of aliphatic hydroxyl groups is 1. The van der Waals surface area contributed by atoms with Gasteiger partial charge in [-0.25, -0.2) is 0 Å². The predicted octanol–water partition coefficient (Wildman–Crippen LogP) is 2.33. The topological polar surface area (TPSA) is 58.6 Å². The largest absolute Gasteiger partial charge is 0.388 e. The minimum absolute atomic E-state index is 0.161. The SMILES string of the molecule is O=C(NCC1(O)CCOCC1)c1cc(Br)ccc1I. The summed E-state index contributed by atoms with van der Waals surface area (Å²) in [5.74, 6) is -0.161. The molecular weight excluding hydrogens is 425 g/mol. The van der Waals surface area contributed by atoms with Crippen LogP contribution >= 0.6 is 38.5 Å². The van der Waals surface area contributed by atoms with Gasteiger partial charge in [-0.3, -0.25) is 4.79 Å². The lowest BCUT2D eigenvalue weighted by molar-refractivity contribution is -0.0605. The second-order valence-corrected chi connectivity index (χ2v) is 6.72. The second kappa shape index (κ2) is 6.51. The molecular formula is C13H15BrINO3. The number of rotatable bonds is 3. The lowest BCUT2D eigenvalue weighted by Crippen LogP contribution is -2.46. The third kappa shape index (κ3) is 4.14. The third-order valence-corrected chi connectivity index (χ3v) is 4.61. The molecule has 2 rings (SSSR count). The molecule has 0 saturated carbocycles. The first-order valence-electron chi connectivity index (χ1n) is 6.04. The summed E-state index contributed by atoms with van der Waals surface area (Å²) in [6.45, 7) is 1.35. The van der Waals surface area contributed by atoms with E-state index in [1.54, 1.807) is 6.07 Å². The summed E-state index contributed by atoms with van der Waals surface area (Å²) in [5.41, 5.74) is -0.226. The number of carbonyl (C=O) groups is 1. The van der Waals surface area contributed by atoms with Gasteiger partial charge < -0.3 is 15.2 Å². The highest BCUT2D eigenvalue weighted by Gasteiger charge is 2.30. The highest BCUT2D eigenvalue weighted by Crippen LogP contribution is 2.21. The van der Waals surface area contributed by atoms with E-state index in [4.69, 9.17) is 4.74 Å². The van der Waals surface area contributed by atoms with Crippen molar-refractivity contribution in [2.45, 2.75) is 18.4 Å². The molecule has 0 unspecified atom stereocenters. The maximum absolute atomic E-state index is 12.1. The van der Waals surface area contributed by atoms with E-state index >= 15 is 0 Å². The molecule has 0 bridgehead atoms. The van der Waals surface area contributed by atoms with E-state index in [0.717, 1.165) is 8.04 Å². The van der Waals surface area contributed by atoms with Crippen molar-refractivity contribution in [1.82, 2.24) is 5.32 Å². The summed E-state index contributed by atoms with van der Waals surface area (Å²) >= 11 is 5.48. The van der Waals surface area contributed by atoms with Crippen molar-refractivity contribution >= 4 is 44.4 Å². The summed E-state index contributed by atoms with van der Waals surface area (Å²) in [5, 5.41) is 13.1. The average Bonchev–Trinajstić information content (AvgIpc) is 2.40. The van der Waals surface area contributed by atoms with E-state index in [2.05, 4.69) is 43.8 Å². The summed E-state index contributed by atoms with van der Waals surface area (Å²) in [6, 6.07) is 5.55. The first-order valence-corrected chi connectivity index (χ1v) is 7.91. The van der Waals surface area contributed by atoms with Crippen LogP contribution in [0.3, 0.4) is 0 Å². The Kier molecular flexibility index (Phi) is 5.22. The molecule has 1 aromatic rings. The molecule has 19 heavy (non-hydrogen) atoms. The highest BCUT2D eigenvalue weighted by molar-refractivity contribution is 14.1. The molecule has 6 heteroatoms. The summed E-state index contributed by atoms with van der Waals surface area (Å²) in [6.07, 6.45) is 1.12. The van der Waals surface area contributed by atoms with Crippen LogP contribution in [0.25, 0.3) is 0 Å². The van der Waals surface area contributed by atoms with Crippen LogP contribution in [0, 0.1) is 3.57 Å². The Labute approximate surface area is 134 Å². The molecule has 1 amide bonds. The molecule has 1 aliphatic rings. The minimum atomic E-state index is -0.842. The van der Waals surface area contributed by atoms with Gasteiger partial charge in [0.05, 0.1) is 11.2 Å². The zero-order valence-electron chi connectivity index (χ0n) is 10.3. The van der Waals surface area contributed by atoms with Crippen LogP contribution < -0.4 is 5.32 Å². The normalized spacial score (nSPS) is 18.1. The molecule has 4 nitrogen and oxygen atoms in total. The van der Waals surface area contributed by atoms with Crippen LogP contribution in [0.5, 0.6) is 0 Å². The fraction of sp³-hybridized carbons (Fsp3) is 0.462. The van der Waals surface area contributed by atoms with Crippen LogP contribution in [0.15, 0.2) is 22.7 Å². The smallest absolute Gasteiger partial charge is 0.252 e. The number of benzene rings is 1. The van der Waals surface area contributed by atoms with Crippen molar-refractivity contribution in [2.24, 2.45) is 0 Å². The van der Waals surface area contributed by atoms with Crippen LogP contribution in [0.2, 0.25) is 0 Å². The zero-order valence-corrected chi connectivity index (χ0v) is 14.0. The van der Waals surface area contributed by atoms with Crippen molar-refractivity contribution in [3.8, 4) is 0 Å². The Morgan fingerprint density at radius 3 is 2.84 bits per heavy atom. The lowest BCUT2D eigenvalue weighted by Gasteiger charge is -2.32. The van der Waals surface area contributed by atoms with Gasteiger partial charge in [-0.1, -0.05) is 15.9 Å². The maximum atomic E-state index is 12.1. The van der Waals surface area contributed by atoms with E-state index in [0.29, 0.717) is 31.6 Å². The molecule has 1 fully saturated rings. The van der Waals surface area contributed by atoms with E-state index in [1.807, 2.05) is 12.1 Å². The van der Waals surface area contributed by atoms with Crippen LogP contribution in [-0.2, 0) is 4.74 Å². The van der Waals surface area contributed by atoms with Crippen LogP contribution in [0.1, 0.15) is 23.2 Å². The number of halogens is 2. The summed E-state index contributed by atoms with van der Waals surface area (Å²) in [7, 11) is 0. The van der Waals surface area contributed by atoms with Gasteiger partial charge in [0, 0.05) is 40.6 Å². The van der Waals surface area contributed by atoms with Crippen molar-refractivity contribution < 1.29 is 14.6 Å². The van der Waals surface area contributed by atoms with Crippen LogP contribution in [0.4, 0.5) is 0 Å². The van der Waals surface area contributed by atoms with Crippen molar-refractivity contribution in [2.75, 3.05) is 19.8 Å². The Hall–Kier alpha value is -0.180. The van der Waals surface area contributed by atoms with Crippen molar-refractivity contribution in [3.63, 3.8) is 0 Å². The van der Waals surface area contributed by atoms with E-state index in [1.165, 1.54) is 0 Å². The molecule has 2 N–H and O–H groups in total. The Bertz CT molecular complexity index is 475. The zero-order chi connectivity index (χ0) is 13.9. The Morgan fingerprint density at radius 1 is 1.47 bits per heavy atom. The van der Waals surface area contributed by atoms with E-state index in [-0.39, 0.29) is 12.5 Å². The lowest BCUT2D eigenvalue weighted by atomic mass is 9.94. The molecule has 1 heterocycles. The van der Waals surface area contributed by atoms with E-state index < -0.39 is 5.60 Å². The molecule has 1 aliphatic heterocycles. The monoisotopic (exact) mass is 439 g/mol. The van der Waals surface area contributed by atoms with Gasteiger partial charge in [0.2, 0.25) is 0 Å². The maximum Gasteiger partial charge on any atom is 0.252 e. The summed E-state index contributed by atoms with van der Waals surface area (Å²) in [4.78, 5) is 12.1. The van der Waals surface area contributed by atoms with Gasteiger partial charge in [-0.15, -0.1) is 0 Å². The Morgan fingerprint density at radius 2 is 2.16 bits per heavy atom. The third-order valence-electron chi connectivity index (χ3n) is 3.17. The Balaban J connectivity index is 1.99. The fourth-order valence-corrected chi connectivity index (χ4v) is 2.88. The number of hydrogen-bond donors (Lipinski definition) is 2. The van der Waals surface area contributed by atoms with Gasteiger partial charge in [-0.05, 0) is 40.8 Å². The average molecular weight is 440 g/mol. The van der Waals surface area contributed by atoms with Crippen molar-refractivity contribution in [3.05, 3.63) is 31.8 Å². The van der Waals surface area contributed by atoms with Crippen LogP contribution in [-0.4, -0.2) is 36.4 Å². The number of amides is 1. The number of hydrogen-bond acceptors (Lipinski definition) is 3. The molecule has 0 radical (unpaired) electrons. The highest BCUT2D eigenvalue weighted by atomic mass is 127. The molecule has 1 saturated heterocycles. The molecule has 104 valence electrons. The quantitative estimate of drug-likeness (QED) is 0.710. The predicted molar refractivity (Wildman–Crippen MR) is 84.2 cm³/mol. The number of nitrogens with one attached hydrogen (secondary N) is 1. The van der Waals surface area contributed by atoms with Gasteiger partial charge >= 0.3 is 0 Å². The molecule has 0 spiro atoms. The number of ether oxygens (including phenoxy) is 1. The first kappa shape index (κ1) is 15.2. The van der Waals surface area contributed by atoms with Gasteiger partial charge in [0.15, 0.2) is 0 Å². The standard InChI is InChI=1S/C13H15BrINO3/c14-9-1-2-11(15)10(7-9)12(17)16-8-13(18)3-5-19-6-4-13/h1-2,7,18H,3-6,8H2,(H,16,17). The molecule has 0 atom stereocenters. The second-order valence-electron chi connectivity index (χ2n) is 4.64. The molecule has 1 aromatic carbocycles. The van der Waals surface area contributed by atoms with Gasteiger partial charge in [0.1, 0.15) is 0 Å². The first-order chi connectivity index (χ1) is 9.00. The van der Waals surface area contributed by atoms with Gasteiger partial charge in [-0.2, -0.15) is 0 Å². The molecule has 0 aromatic heterocycles.